The number of aromatic nitrogens is 1. The Bertz CT molecular complexity index is 857. The second-order valence-electron chi connectivity index (χ2n) is 7.97. The molecule has 2 aliphatic heterocycles. The van der Waals surface area contributed by atoms with E-state index >= 15 is 0 Å². The van der Waals surface area contributed by atoms with E-state index in [1.54, 1.807) is 0 Å². The van der Waals surface area contributed by atoms with Crippen molar-refractivity contribution in [3.05, 3.63) is 41.6 Å². The summed E-state index contributed by atoms with van der Waals surface area (Å²) in [6.07, 6.45) is 6.35. The Morgan fingerprint density at radius 1 is 1.27 bits per heavy atom. The first-order valence-electron chi connectivity index (χ1n) is 9.44. The van der Waals surface area contributed by atoms with Crippen molar-refractivity contribution < 1.29 is 9.90 Å². The molecule has 5 rings (SSSR count). The lowest BCUT2D eigenvalue weighted by Crippen LogP contribution is -2.48. The monoisotopic (exact) mass is 353 g/mol. The third-order valence-corrected chi connectivity index (χ3v) is 5.86. The Balaban J connectivity index is 0.000000240. The number of carboxylic acids is 1. The zero-order valence-corrected chi connectivity index (χ0v) is 15.6. The van der Waals surface area contributed by atoms with Crippen molar-refractivity contribution in [3.8, 4) is 0 Å². The number of fused-ring (bicyclic) bond motifs is 2. The summed E-state index contributed by atoms with van der Waals surface area (Å²) in [7, 11) is 2.02. The van der Waals surface area contributed by atoms with Gasteiger partial charge in [-0.15, -0.1) is 0 Å². The van der Waals surface area contributed by atoms with E-state index in [1.807, 2.05) is 19.2 Å². The van der Waals surface area contributed by atoms with Gasteiger partial charge in [-0.25, -0.2) is 0 Å². The minimum absolute atomic E-state index is 0.291. The molecule has 138 valence electrons. The van der Waals surface area contributed by atoms with Crippen molar-refractivity contribution in [2.45, 2.75) is 44.8 Å². The highest BCUT2D eigenvalue weighted by Gasteiger charge is 2.35. The molecule has 5 nitrogen and oxygen atoms in total. The minimum atomic E-state index is -0.741. The van der Waals surface area contributed by atoms with E-state index in [0.717, 1.165) is 24.0 Å². The Labute approximate surface area is 154 Å². The molecule has 0 saturated carbocycles. The lowest BCUT2D eigenvalue weighted by Gasteiger charge is -2.38. The number of hydrogen-bond donors (Lipinski definition) is 3. The van der Waals surface area contributed by atoms with Crippen LogP contribution in [0.2, 0.25) is 0 Å². The topological polar surface area (TPSA) is 68.4 Å². The lowest BCUT2D eigenvalue weighted by molar-refractivity contribution is -0.140. The quantitative estimate of drug-likeness (QED) is 0.737. The molecule has 2 aromatic rings. The van der Waals surface area contributed by atoms with E-state index in [4.69, 9.17) is 0 Å². The molecule has 2 unspecified atom stereocenters. The molecule has 3 aliphatic rings. The largest absolute Gasteiger partial charge is 0.481 e. The summed E-state index contributed by atoms with van der Waals surface area (Å²) < 4.78 is 0. The van der Waals surface area contributed by atoms with Gasteiger partial charge in [0.1, 0.15) is 0 Å². The molecule has 1 aliphatic carbocycles. The fourth-order valence-electron chi connectivity index (χ4n) is 4.60. The second-order valence-corrected chi connectivity index (χ2v) is 7.97. The summed E-state index contributed by atoms with van der Waals surface area (Å²) >= 11 is 0. The van der Waals surface area contributed by atoms with Crippen LogP contribution in [0.4, 0.5) is 0 Å². The van der Waals surface area contributed by atoms with Crippen molar-refractivity contribution >= 4 is 22.4 Å². The maximum atomic E-state index is 11.3. The van der Waals surface area contributed by atoms with Gasteiger partial charge in [-0.2, -0.15) is 0 Å². The number of aliphatic carboxylic acids is 1. The molecule has 3 heterocycles. The van der Waals surface area contributed by atoms with Crippen molar-refractivity contribution in [1.82, 2.24) is 15.2 Å². The molecule has 1 aromatic heterocycles. The number of carboxylic acid groups (broad SMARTS) is 1. The number of nitrogens with one attached hydrogen (secondary N) is 2. The molecule has 0 bridgehead atoms. The minimum Gasteiger partial charge on any atom is -0.481 e. The van der Waals surface area contributed by atoms with Crippen LogP contribution < -0.4 is 5.32 Å². The number of likely N-dealkylation sites (N-methyl/N-ethyl adjacent to an activating group) is 1. The third-order valence-electron chi connectivity index (χ3n) is 5.86. The van der Waals surface area contributed by atoms with E-state index in [0.29, 0.717) is 12.6 Å². The van der Waals surface area contributed by atoms with Crippen molar-refractivity contribution in [2.75, 3.05) is 13.6 Å². The Kier molecular flexibility index (Phi) is 4.37. The molecule has 4 atom stereocenters. The van der Waals surface area contributed by atoms with Crippen molar-refractivity contribution in [2.24, 2.45) is 5.92 Å². The van der Waals surface area contributed by atoms with E-state index in [9.17, 15) is 9.90 Å². The van der Waals surface area contributed by atoms with Gasteiger partial charge in [-0.1, -0.05) is 18.2 Å². The Morgan fingerprint density at radius 3 is 2.62 bits per heavy atom. The van der Waals surface area contributed by atoms with Crippen LogP contribution in [0.25, 0.3) is 16.5 Å². The second kappa shape index (κ2) is 6.56. The molecule has 3 N–H and O–H groups in total. The number of nitrogens with zero attached hydrogens (tertiary/aromatic N) is 1. The predicted molar refractivity (Wildman–Crippen MR) is 104 cm³/mol. The summed E-state index contributed by atoms with van der Waals surface area (Å²) in [6.45, 7) is 5.00. The maximum absolute atomic E-state index is 11.3. The maximum Gasteiger partial charge on any atom is 0.311 e. The molecular formula is C21H27N3O2. The molecule has 1 aromatic carbocycles. The SMILES string of the molecule is CC1CC(C)N1.CN1C[C@H](C(=O)O)C=C2c3cccc4[nH]cc(c34)C[C@H]21. The Hall–Kier alpha value is -2.11. The first-order chi connectivity index (χ1) is 12.4. The summed E-state index contributed by atoms with van der Waals surface area (Å²) in [6, 6.07) is 8.09. The van der Waals surface area contributed by atoms with Gasteiger partial charge < -0.3 is 15.4 Å². The zero-order valence-electron chi connectivity index (χ0n) is 15.6. The predicted octanol–water partition coefficient (Wildman–Crippen LogP) is 2.88. The van der Waals surface area contributed by atoms with Crippen LogP contribution in [0, 0.1) is 5.92 Å². The van der Waals surface area contributed by atoms with Crippen LogP contribution in [0.3, 0.4) is 0 Å². The normalized spacial score (nSPS) is 29.9. The summed E-state index contributed by atoms with van der Waals surface area (Å²) in [5, 5.41) is 13.9. The molecule has 1 fully saturated rings. The van der Waals surface area contributed by atoms with E-state index < -0.39 is 11.9 Å². The van der Waals surface area contributed by atoms with Gasteiger partial charge >= 0.3 is 5.97 Å². The van der Waals surface area contributed by atoms with Crippen LogP contribution >= 0.6 is 0 Å². The highest BCUT2D eigenvalue weighted by atomic mass is 16.4. The number of hydrogen-bond acceptors (Lipinski definition) is 3. The lowest BCUT2D eigenvalue weighted by atomic mass is 9.80. The van der Waals surface area contributed by atoms with Crippen molar-refractivity contribution in [1.29, 1.82) is 0 Å². The van der Waals surface area contributed by atoms with E-state index in [-0.39, 0.29) is 0 Å². The van der Waals surface area contributed by atoms with Gasteiger partial charge in [0.15, 0.2) is 0 Å². The molecule has 5 heteroatoms. The first kappa shape index (κ1) is 17.3. The van der Waals surface area contributed by atoms with E-state index in [2.05, 4.69) is 47.4 Å². The van der Waals surface area contributed by atoms with Crippen LogP contribution in [0.15, 0.2) is 30.5 Å². The highest BCUT2D eigenvalue weighted by molar-refractivity contribution is 5.99. The number of benzene rings is 1. The van der Waals surface area contributed by atoms with E-state index in [1.165, 1.54) is 28.5 Å². The molecular weight excluding hydrogens is 326 g/mol. The van der Waals surface area contributed by atoms with Gasteiger partial charge in [0.25, 0.3) is 0 Å². The number of carbonyl (C=O) groups is 1. The average Bonchev–Trinajstić information content (AvgIpc) is 3.00. The average molecular weight is 353 g/mol. The molecule has 0 spiro atoms. The van der Waals surface area contributed by atoms with Gasteiger partial charge in [0, 0.05) is 41.8 Å². The molecule has 0 amide bonds. The number of aromatic amines is 1. The van der Waals surface area contributed by atoms with Gasteiger partial charge in [0.05, 0.1) is 5.92 Å². The first-order valence-corrected chi connectivity index (χ1v) is 9.44. The fraction of sp³-hybridized carbons (Fsp3) is 0.476. The van der Waals surface area contributed by atoms with Crippen molar-refractivity contribution in [3.63, 3.8) is 0 Å². The van der Waals surface area contributed by atoms with Crippen LogP contribution in [0.1, 0.15) is 31.4 Å². The van der Waals surface area contributed by atoms with Gasteiger partial charge in [0.2, 0.25) is 0 Å². The van der Waals surface area contributed by atoms with Crippen LogP contribution in [0.5, 0.6) is 0 Å². The van der Waals surface area contributed by atoms with Crippen LogP contribution in [-0.4, -0.2) is 52.7 Å². The molecule has 0 radical (unpaired) electrons. The fourth-order valence-corrected chi connectivity index (χ4v) is 4.60. The molecule has 26 heavy (non-hydrogen) atoms. The third kappa shape index (κ3) is 2.95. The zero-order chi connectivity index (χ0) is 18.4. The summed E-state index contributed by atoms with van der Waals surface area (Å²) in [5.74, 6) is -1.16. The van der Waals surface area contributed by atoms with Crippen LogP contribution in [-0.2, 0) is 11.2 Å². The Morgan fingerprint density at radius 2 is 2.00 bits per heavy atom. The number of H-pyrrole nitrogens is 1. The number of rotatable bonds is 1. The summed E-state index contributed by atoms with van der Waals surface area (Å²) in [4.78, 5) is 16.8. The molecule has 1 saturated heterocycles. The highest BCUT2D eigenvalue weighted by Crippen LogP contribution is 2.40. The van der Waals surface area contributed by atoms with Gasteiger partial charge in [-0.3, -0.25) is 9.69 Å². The standard InChI is InChI=1S/C16H16N2O2.C5H11N/c1-18-8-10(16(19)20)5-12-11-3-2-4-13-15(11)9(7-17-13)6-14(12)18;1-4-3-5(2)6-4/h2-5,7,10,14,17H,6,8H2,1H3,(H,19,20);4-6H,3H2,1-2H3/t10-,14-;/m1./s1. The smallest absolute Gasteiger partial charge is 0.311 e. The van der Waals surface area contributed by atoms with Gasteiger partial charge in [-0.05, 0) is 56.5 Å². The summed E-state index contributed by atoms with van der Waals surface area (Å²) in [5.41, 5.74) is 4.83.